The second kappa shape index (κ2) is 7.77. The summed E-state index contributed by atoms with van der Waals surface area (Å²) in [6.07, 6.45) is 2.86. The summed E-state index contributed by atoms with van der Waals surface area (Å²) in [4.78, 5) is 12.2. The number of benzene rings is 2. The second-order valence-corrected chi connectivity index (χ2v) is 5.96. The Balaban J connectivity index is 1.58. The molecule has 0 saturated carbocycles. The van der Waals surface area contributed by atoms with Gasteiger partial charge in [0.25, 0.3) is 0 Å². The number of hydrogen-bond acceptors (Lipinski definition) is 3. The van der Waals surface area contributed by atoms with Crippen molar-refractivity contribution in [2.24, 2.45) is 0 Å². The lowest BCUT2D eigenvalue weighted by Crippen LogP contribution is -2.28. The van der Waals surface area contributed by atoms with E-state index in [1.165, 1.54) is 0 Å². The summed E-state index contributed by atoms with van der Waals surface area (Å²) in [6, 6.07) is 18.8. The number of hydrogen-bond donors (Lipinski definition) is 2. The second-order valence-electron chi connectivity index (χ2n) is 5.96. The van der Waals surface area contributed by atoms with Gasteiger partial charge >= 0.3 is 0 Å². The van der Waals surface area contributed by atoms with Gasteiger partial charge in [-0.15, -0.1) is 0 Å². The first-order chi connectivity index (χ1) is 12.1. The summed E-state index contributed by atoms with van der Waals surface area (Å²) in [5.74, 6) is -0.181. The van der Waals surface area contributed by atoms with Crippen LogP contribution in [0.1, 0.15) is 36.6 Å². The average Bonchev–Trinajstić information content (AvgIpc) is 3.17. The third-order valence-corrected chi connectivity index (χ3v) is 4.10. The summed E-state index contributed by atoms with van der Waals surface area (Å²) in [5, 5.41) is 17.3. The van der Waals surface area contributed by atoms with E-state index in [-0.39, 0.29) is 18.4 Å². The molecule has 5 nitrogen and oxygen atoms in total. The van der Waals surface area contributed by atoms with Crippen molar-refractivity contribution in [1.82, 2.24) is 15.1 Å². The van der Waals surface area contributed by atoms with Crippen LogP contribution in [0.15, 0.2) is 73.1 Å². The Labute approximate surface area is 146 Å². The number of nitrogens with zero attached hydrogens (tertiary/aromatic N) is 2. The molecule has 128 valence electrons. The minimum absolute atomic E-state index is 0.0414. The summed E-state index contributed by atoms with van der Waals surface area (Å²) >= 11 is 0. The first-order valence-corrected chi connectivity index (χ1v) is 8.26. The van der Waals surface area contributed by atoms with Crippen LogP contribution in [0.5, 0.6) is 0 Å². The Kier molecular flexibility index (Phi) is 5.26. The van der Waals surface area contributed by atoms with Crippen LogP contribution in [0.2, 0.25) is 0 Å². The largest absolute Gasteiger partial charge is 0.388 e. The number of aliphatic hydroxyl groups is 1. The number of carbonyl (C=O) groups is 1. The maximum atomic E-state index is 12.2. The molecule has 25 heavy (non-hydrogen) atoms. The Morgan fingerprint density at radius 2 is 1.80 bits per heavy atom. The number of rotatable bonds is 6. The number of aliphatic hydroxyl groups excluding tert-OH is 1. The van der Waals surface area contributed by atoms with Gasteiger partial charge < -0.3 is 10.4 Å². The fourth-order valence-corrected chi connectivity index (χ4v) is 2.69. The van der Waals surface area contributed by atoms with E-state index in [0.29, 0.717) is 0 Å². The Hall–Kier alpha value is -2.92. The molecule has 0 spiro atoms. The van der Waals surface area contributed by atoms with E-state index < -0.39 is 6.10 Å². The number of amides is 1. The van der Waals surface area contributed by atoms with Crippen LogP contribution >= 0.6 is 0 Å². The van der Waals surface area contributed by atoms with Gasteiger partial charge in [0.15, 0.2) is 0 Å². The molecule has 2 aromatic carbocycles. The zero-order chi connectivity index (χ0) is 17.6. The average molecular weight is 335 g/mol. The molecule has 3 rings (SSSR count). The maximum absolute atomic E-state index is 12.2. The standard InChI is InChI=1S/C20H21N3O2/c1-15(16-8-10-18(11-9-16)23-13-5-12-21-23)22-20(25)14-19(24)17-6-3-2-4-7-17/h2-13,15,19,24H,14H2,1H3,(H,22,25). The highest BCUT2D eigenvalue weighted by Crippen LogP contribution is 2.18. The molecular weight excluding hydrogens is 314 g/mol. The highest BCUT2D eigenvalue weighted by Gasteiger charge is 2.15. The van der Waals surface area contributed by atoms with E-state index in [4.69, 9.17) is 0 Å². The van der Waals surface area contributed by atoms with Crippen LogP contribution in [0.4, 0.5) is 0 Å². The van der Waals surface area contributed by atoms with Crippen LogP contribution in [0.25, 0.3) is 5.69 Å². The highest BCUT2D eigenvalue weighted by atomic mass is 16.3. The molecule has 1 amide bonds. The fraction of sp³-hybridized carbons (Fsp3) is 0.200. The number of aromatic nitrogens is 2. The summed E-state index contributed by atoms with van der Waals surface area (Å²) in [5.41, 5.74) is 2.71. The molecule has 3 aromatic rings. The third-order valence-electron chi connectivity index (χ3n) is 4.10. The van der Waals surface area contributed by atoms with E-state index in [1.54, 1.807) is 10.9 Å². The van der Waals surface area contributed by atoms with E-state index in [0.717, 1.165) is 16.8 Å². The molecule has 0 aliphatic heterocycles. The quantitative estimate of drug-likeness (QED) is 0.727. The first kappa shape index (κ1) is 16.9. The molecule has 0 radical (unpaired) electrons. The molecule has 0 aliphatic carbocycles. The Bertz CT molecular complexity index is 799. The lowest BCUT2D eigenvalue weighted by atomic mass is 10.0. The van der Waals surface area contributed by atoms with Gasteiger partial charge in [-0.1, -0.05) is 42.5 Å². The lowest BCUT2D eigenvalue weighted by Gasteiger charge is -2.17. The van der Waals surface area contributed by atoms with Crippen molar-refractivity contribution in [2.45, 2.75) is 25.5 Å². The predicted octanol–water partition coefficient (Wildman–Crippen LogP) is 3.17. The van der Waals surface area contributed by atoms with Gasteiger partial charge in [0.05, 0.1) is 24.3 Å². The van der Waals surface area contributed by atoms with Crippen molar-refractivity contribution < 1.29 is 9.90 Å². The molecule has 0 fully saturated rings. The van der Waals surface area contributed by atoms with Crippen molar-refractivity contribution in [2.75, 3.05) is 0 Å². The van der Waals surface area contributed by atoms with E-state index in [9.17, 15) is 9.90 Å². The van der Waals surface area contributed by atoms with Crippen molar-refractivity contribution in [3.8, 4) is 5.69 Å². The molecule has 5 heteroatoms. The normalized spacial score (nSPS) is 13.2. The predicted molar refractivity (Wildman–Crippen MR) is 96.1 cm³/mol. The van der Waals surface area contributed by atoms with E-state index in [2.05, 4.69) is 10.4 Å². The van der Waals surface area contributed by atoms with Gasteiger partial charge in [-0.25, -0.2) is 4.68 Å². The van der Waals surface area contributed by atoms with Gasteiger partial charge in [-0.05, 0) is 36.2 Å². The monoisotopic (exact) mass is 335 g/mol. The zero-order valence-electron chi connectivity index (χ0n) is 14.0. The van der Waals surface area contributed by atoms with Crippen LogP contribution in [0, 0.1) is 0 Å². The summed E-state index contributed by atoms with van der Waals surface area (Å²) < 4.78 is 1.78. The number of carbonyl (C=O) groups excluding carboxylic acids is 1. The van der Waals surface area contributed by atoms with Gasteiger partial charge in [0.2, 0.25) is 5.91 Å². The molecule has 0 saturated heterocycles. The van der Waals surface area contributed by atoms with Crippen molar-refractivity contribution >= 4 is 5.91 Å². The van der Waals surface area contributed by atoms with Crippen molar-refractivity contribution in [3.05, 3.63) is 84.2 Å². The van der Waals surface area contributed by atoms with Gasteiger partial charge in [-0.3, -0.25) is 4.79 Å². The van der Waals surface area contributed by atoms with Crippen molar-refractivity contribution in [3.63, 3.8) is 0 Å². The molecular formula is C20H21N3O2. The first-order valence-electron chi connectivity index (χ1n) is 8.26. The molecule has 0 bridgehead atoms. The minimum Gasteiger partial charge on any atom is -0.388 e. The van der Waals surface area contributed by atoms with Gasteiger partial charge in [0.1, 0.15) is 0 Å². The SMILES string of the molecule is CC(NC(=O)CC(O)c1ccccc1)c1ccc(-n2cccn2)cc1. The molecule has 2 atom stereocenters. The fourth-order valence-electron chi connectivity index (χ4n) is 2.69. The van der Waals surface area contributed by atoms with Crippen LogP contribution in [0.3, 0.4) is 0 Å². The van der Waals surface area contributed by atoms with Gasteiger partial charge in [-0.2, -0.15) is 5.10 Å². The van der Waals surface area contributed by atoms with E-state index in [1.807, 2.05) is 73.8 Å². The highest BCUT2D eigenvalue weighted by molar-refractivity contribution is 5.77. The molecule has 1 heterocycles. The molecule has 2 unspecified atom stereocenters. The third kappa shape index (κ3) is 4.33. The van der Waals surface area contributed by atoms with Crippen molar-refractivity contribution in [1.29, 1.82) is 0 Å². The van der Waals surface area contributed by atoms with Crippen LogP contribution in [-0.4, -0.2) is 20.8 Å². The molecule has 0 aliphatic rings. The lowest BCUT2D eigenvalue weighted by molar-refractivity contribution is -0.123. The summed E-state index contributed by atoms with van der Waals surface area (Å²) in [7, 11) is 0. The van der Waals surface area contributed by atoms with Crippen LogP contribution < -0.4 is 5.32 Å². The zero-order valence-corrected chi connectivity index (χ0v) is 14.0. The summed E-state index contributed by atoms with van der Waals surface area (Å²) in [6.45, 7) is 1.93. The van der Waals surface area contributed by atoms with Gasteiger partial charge in [0, 0.05) is 12.4 Å². The smallest absolute Gasteiger partial charge is 0.223 e. The maximum Gasteiger partial charge on any atom is 0.223 e. The number of nitrogens with one attached hydrogen (secondary N) is 1. The van der Waals surface area contributed by atoms with E-state index >= 15 is 0 Å². The van der Waals surface area contributed by atoms with Crippen LogP contribution in [-0.2, 0) is 4.79 Å². The Morgan fingerprint density at radius 3 is 2.44 bits per heavy atom. The Morgan fingerprint density at radius 1 is 1.08 bits per heavy atom. The minimum atomic E-state index is -0.796. The molecule has 1 aromatic heterocycles. The molecule has 2 N–H and O–H groups in total. The topological polar surface area (TPSA) is 67.2 Å².